The lowest BCUT2D eigenvalue weighted by atomic mass is 9.98. The highest BCUT2D eigenvalue weighted by Gasteiger charge is 2.32. The number of hydrogen-bond acceptors (Lipinski definition) is 6. The van der Waals surface area contributed by atoms with Crippen molar-refractivity contribution in [3.63, 3.8) is 0 Å². The van der Waals surface area contributed by atoms with Gasteiger partial charge in [-0.3, -0.25) is 0 Å². The minimum atomic E-state index is -0.994. The second-order valence-electron chi connectivity index (χ2n) is 10.7. The van der Waals surface area contributed by atoms with Crippen LogP contribution in [0.2, 0.25) is 0 Å². The summed E-state index contributed by atoms with van der Waals surface area (Å²) in [7, 11) is 0. The molecule has 1 fully saturated rings. The number of benzene rings is 2. The Morgan fingerprint density at radius 2 is 1.68 bits per heavy atom. The molecule has 8 heteroatoms. The molecule has 2 aromatic rings. The molecule has 1 saturated heterocycles. The minimum absolute atomic E-state index is 0.0420. The van der Waals surface area contributed by atoms with E-state index in [1.54, 1.807) is 0 Å². The van der Waals surface area contributed by atoms with E-state index >= 15 is 0 Å². The van der Waals surface area contributed by atoms with E-state index in [0.29, 0.717) is 19.3 Å². The summed E-state index contributed by atoms with van der Waals surface area (Å²) in [5.74, 6) is -1.04. The third-order valence-corrected chi connectivity index (χ3v) is 6.71. The maximum absolute atomic E-state index is 12.9. The molecule has 1 heterocycles. The van der Waals surface area contributed by atoms with Gasteiger partial charge in [0.25, 0.3) is 0 Å². The van der Waals surface area contributed by atoms with Crippen molar-refractivity contribution in [1.29, 1.82) is 0 Å². The van der Waals surface area contributed by atoms with Gasteiger partial charge in [0.05, 0.1) is 24.4 Å². The summed E-state index contributed by atoms with van der Waals surface area (Å²) in [6.45, 7) is 7.99. The highest BCUT2D eigenvalue weighted by molar-refractivity contribution is 5.79. The normalized spacial score (nSPS) is 21.0. The first-order valence-corrected chi connectivity index (χ1v) is 12.9. The van der Waals surface area contributed by atoms with Crippen molar-refractivity contribution < 1.29 is 33.6 Å². The van der Waals surface area contributed by atoms with Crippen LogP contribution < -0.4 is 5.32 Å². The van der Waals surface area contributed by atoms with Crippen LogP contribution in [-0.2, 0) is 23.7 Å². The van der Waals surface area contributed by atoms with Crippen LogP contribution in [0, 0.1) is 0 Å². The lowest BCUT2D eigenvalue weighted by Gasteiger charge is -2.33. The van der Waals surface area contributed by atoms with E-state index in [0.717, 1.165) is 22.3 Å². The van der Waals surface area contributed by atoms with Gasteiger partial charge >= 0.3 is 12.1 Å². The number of amides is 1. The summed E-state index contributed by atoms with van der Waals surface area (Å²) in [5.41, 5.74) is 4.18. The van der Waals surface area contributed by atoms with Gasteiger partial charge in [0.15, 0.2) is 12.4 Å². The van der Waals surface area contributed by atoms with E-state index in [4.69, 9.17) is 18.9 Å². The molecule has 2 aromatic carbocycles. The van der Waals surface area contributed by atoms with Gasteiger partial charge in [0.2, 0.25) is 0 Å². The molecule has 200 valence electrons. The second kappa shape index (κ2) is 11.6. The number of ether oxygens (including phenoxy) is 4. The quantitative estimate of drug-likeness (QED) is 0.483. The average Bonchev–Trinajstić information content (AvgIpc) is 3.18. The first kappa shape index (κ1) is 27.1. The van der Waals surface area contributed by atoms with Gasteiger partial charge in [-0.15, -0.1) is 0 Å². The molecular weight excluding hydrogens is 474 g/mol. The fourth-order valence-corrected chi connectivity index (χ4v) is 5.03. The fourth-order valence-electron chi connectivity index (χ4n) is 5.03. The summed E-state index contributed by atoms with van der Waals surface area (Å²) in [6, 6.07) is 15.8. The zero-order valence-electron chi connectivity index (χ0n) is 21.9. The van der Waals surface area contributed by atoms with E-state index in [9.17, 15) is 14.7 Å². The van der Waals surface area contributed by atoms with Gasteiger partial charge in [-0.2, -0.15) is 0 Å². The summed E-state index contributed by atoms with van der Waals surface area (Å²) in [5, 5.41) is 12.2. The Balaban J connectivity index is 1.39. The second-order valence-corrected chi connectivity index (χ2v) is 10.7. The molecule has 2 aliphatic rings. The fraction of sp³-hybridized carbons (Fsp3) is 0.517. The van der Waals surface area contributed by atoms with Crippen molar-refractivity contribution in [2.45, 2.75) is 83.0 Å². The number of aliphatic carboxylic acids is 1. The van der Waals surface area contributed by atoms with Crippen molar-refractivity contribution in [2.75, 3.05) is 13.2 Å². The molecule has 1 aliphatic carbocycles. The molecule has 1 amide bonds. The maximum Gasteiger partial charge on any atom is 0.407 e. The van der Waals surface area contributed by atoms with Crippen LogP contribution in [0.1, 0.15) is 64.0 Å². The van der Waals surface area contributed by atoms with Crippen LogP contribution >= 0.6 is 0 Å². The first-order chi connectivity index (χ1) is 17.6. The molecule has 2 N–H and O–H groups in total. The number of carbonyl (C=O) groups excluding carboxylic acids is 1. The third kappa shape index (κ3) is 6.89. The van der Waals surface area contributed by atoms with Gasteiger partial charge < -0.3 is 29.4 Å². The Bertz CT molecular complexity index is 1050. The Morgan fingerprint density at radius 3 is 2.27 bits per heavy atom. The molecule has 4 rings (SSSR count). The maximum atomic E-state index is 12.9. The minimum Gasteiger partial charge on any atom is -0.479 e. The van der Waals surface area contributed by atoms with Gasteiger partial charge in [0.1, 0.15) is 6.61 Å². The zero-order valence-corrected chi connectivity index (χ0v) is 21.9. The first-order valence-electron chi connectivity index (χ1n) is 12.9. The van der Waals surface area contributed by atoms with Crippen LogP contribution in [0.3, 0.4) is 0 Å². The Hall–Kier alpha value is -2.94. The number of carboxylic acids is 1. The van der Waals surface area contributed by atoms with Gasteiger partial charge in [0, 0.05) is 5.92 Å². The Kier molecular flexibility index (Phi) is 8.52. The smallest absolute Gasteiger partial charge is 0.407 e. The predicted octanol–water partition coefficient (Wildman–Crippen LogP) is 5.09. The van der Waals surface area contributed by atoms with Crippen LogP contribution in [0.25, 0.3) is 11.1 Å². The molecule has 0 saturated carbocycles. The lowest BCUT2D eigenvalue weighted by Crippen LogP contribution is -2.49. The van der Waals surface area contributed by atoms with Crippen molar-refractivity contribution in [3.8, 4) is 11.1 Å². The van der Waals surface area contributed by atoms with Crippen molar-refractivity contribution in [2.24, 2.45) is 0 Å². The number of nitrogens with one attached hydrogen (secondary N) is 1. The van der Waals surface area contributed by atoms with E-state index < -0.39 is 36.1 Å². The summed E-state index contributed by atoms with van der Waals surface area (Å²) >= 11 is 0. The van der Waals surface area contributed by atoms with Gasteiger partial charge in [-0.05, 0) is 69.2 Å². The van der Waals surface area contributed by atoms with E-state index in [1.807, 2.05) is 52.0 Å². The Morgan fingerprint density at radius 1 is 1.05 bits per heavy atom. The molecule has 0 bridgehead atoms. The van der Waals surface area contributed by atoms with Crippen molar-refractivity contribution >= 4 is 12.1 Å². The molecule has 37 heavy (non-hydrogen) atoms. The SMILES string of the molecule is C[C@@H](OC(C)(C)C)[C@@H](COC1CCCC(C(=O)O)O1)NC(=O)OCC1c2ccccc2-c2ccccc21. The number of carbonyl (C=O) groups is 2. The molecular formula is C29H37NO7. The van der Waals surface area contributed by atoms with E-state index in [1.165, 1.54) is 0 Å². The molecule has 0 radical (unpaired) electrons. The predicted molar refractivity (Wildman–Crippen MR) is 138 cm³/mol. The van der Waals surface area contributed by atoms with E-state index in [2.05, 4.69) is 29.6 Å². The average molecular weight is 512 g/mol. The standard InChI is InChI=1S/C29H37NO7/c1-18(37-29(2,3)4)24(17-34-26-15-9-14-25(36-26)27(31)32)30-28(33)35-16-23-21-12-7-5-10-19(21)20-11-6-8-13-22(20)23/h5-8,10-13,18,23-26H,9,14-17H2,1-4H3,(H,30,33)(H,31,32)/t18-,24-,25?,26?/m1/s1. The third-order valence-electron chi connectivity index (χ3n) is 6.71. The van der Waals surface area contributed by atoms with Crippen LogP contribution in [-0.4, -0.2) is 60.5 Å². The summed E-state index contributed by atoms with van der Waals surface area (Å²) in [6.07, 6.45) is -0.734. The summed E-state index contributed by atoms with van der Waals surface area (Å²) < 4.78 is 23.3. The molecule has 0 aromatic heterocycles. The van der Waals surface area contributed by atoms with E-state index in [-0.39, 0.29) is 25.2 Å². The number of hydrogen-bond donors (Lipinski definition) is 2. The number of rotatable bonds is 9. The van der Waals surface area contributed by atoms with Crippen LogP contribution in [0.4, 0.5) is 4.79 Å². The molecule has 4 atom stereocenters. The van der Waals surface area contributed by atoms with Crippen LogP contribution in [0.15, 0.2) is 48.5 Å². The number of carboxylic acid groups (broad SMARTS) is 1. The van der Waals surface area contributed by atoms with Crippen molar-refractivity contribution in [1.82, 2.24) is 5.32 Å². The van der Waals surface area contributed by atoms with Crippen molar-refractivity contribution in [3.05, 3.63) is 59.7 Å². The summed E-state index contributed by atoms with van der Waals surface area (Å²) in [4.78, 5) is 24.3. The lowest BCUT2D eigenvalue weighted by molar-refractivity contribution is -0.210. The molecule has 8 nitrogen and oxygen atoms in total. The molecule has 1 aliphatic heterocycles. The largest absolute Gasteiger partial charge is 0.479 e. The topological polar surface area (TPSA) is 103 Å². The zero-order chi connectivity index (χ0) is 26.6. The molecule has 2 unspecified atom stereocenters. The highest BCUT2D eigenvalue weighted by atomic mass is 16.7. The Labute approximate surface area is 218 Å². The highest BCUT2D eigenvalue weighted by Crippen LogP contribution is 2.44. The monoisotopic (exact) mass is 511 g/mol. The number of fused-ring (bicyclic) bond motifs is 3. The number of alkyl carbamates (subject to hydrolysis) is 1. The van der Waals surface area contributed by atoms with Gasteiger partial charge in [-0.25, -0.2) is 9.59 Å². The molecule has 0 spiro atoms. The van der Waals surface area contributed by atoms with Gasteiger partial charge in [-0.1, -0.05) is 48.5 Å². The van der Waals surface area contributed by atoms with Crippen LogP contribution in [0.5, 0.6) is 0 Å².